The van der Waals surface area contributed by atoms with Gasteiger partial charge in [0.2, 0.25) is 5.28 Å². The fourth-order valence-corrected chi connectivity index (χ4v) is 2.70. The van der Waals surface area contributed by atoms with Crippen LogP contribution in [-0.2, 0) is 0 Å². The van der Waals surface area contributed by atoms with E-state index in [1.54, 1.807) is 12.3 Å². The average molecular weight is 335 g/mol. The monoisotopic (exact) mass is 334 g/mol. The van der Waals surface area contributed by atoms with Gasteiger partial charge in [0.1, 0.15) is 12.4 Å². The van der Waals surface area contributed by atoms with Crippen LogP contribution in [-0.4, -0.2) is 27.1 Å². The third kappa shape index (κ3) is 5.15. The van der Waals surface area contributed by atoms with Crippen molar-refractivity contribution in [3.8, 4) is 17.1 Å². The summed E-state index contributed by atoms with van der Waals surface area (Å²) in [5, 5.41) is 0.204. The van der Waals surface area contributed by atoms with Gasteiger partial charge in [0.05, 0.1) is 17.1 Å². The van der Waals surface area contributed by atoms with Gasteiger partial charge in [0, 0.05) is 11.7 Å². The van der Waals surface area contributed by atoms with Crippen LogP contribution in [0.2, 0.25) is 5.28 Å². The molecule has 2 aromatic rings. The van der Waals surface area contributed by atoms with Crippen molar-refractivity contribution in [1.29, 1.82) is 0 Å². The zero-order valence-corrected chi connectivity index (χ0v) is 14.8. The highest BCUT2D eigenvalue weighted by Crippen LogP contribution is 2.23. The SMILES string of the molecule is Cc1nc(-c2ccnc(Cl)n2)ccc1OCC(C)(N)CC(C)C. The maximum absolute atomic E-state index is 6.28. The maximum Gasteiger partial charge on any atom is 0.222 e. The normalized spacial score (nSPS) is 13.9. The molecule has 0 aliphatic heterocycles. The fourth-order valence-electron chi connectivity index (χ4n) is 2.56. The summed E-state index contributed by atoms with van der Waals surface area (Å²) in [4.78, 5) is 12.6. The van der Waals surface area contributed by atoms with Gasteiger partial charge in [-0.3, -0.25) is 0 Å². The molecule has 1 atom stereocenters. The number of halogens is 1. The Balaban J connectivity index is 2.11. The molecule has 2 heterocycles. The van der Waals surface area contributed by atoms with Crippen LogP contribution in [0, 0.1) is 12.8 Å². The highest BCUT2D eigenvalue weighted by Gasteiger charge is 2.21. The van der Waals surface area contributed by atoms with E-state index in [1.807, 2.05) is 26.0 Å². The third-order valence-electron chi connectivity index (χ3n) is 3.36. The van der Waals surface area contributed by atoms with Crippen molar-refractivity contribution in [3.63, 3.8) is 0 Å². The number of aromatic nitrogens is 3. The molecule has 5 nitrogen and oxygen atoms in total. The Bertz CT molecular complexity index is 673. The second-order valence-electron chi connectivity index (χ2n) is 6.53. The standard InChI is InChI=1S/C17H23ClN4O/c1-11(2)9-17(4,19)10-23-15-6-5-13(21-12(15)3)14-7-8-20-16(18)22-14/h5-8,11H,9-10,19H2,1-4H3. The Morgan fingerprint density at radius 1 is 1.22 bits per heavy atom. The smallest absolute Gasteiger partial charge is 0.222 e. The zero-order valence-electron chi connectivity index (χ0n) is 14.0. The lowest BCUT2D eigenvalue weighted by atomic mass is 9.93. The molecule has 0 aromatic carbocycles. The molecule has 0 fully saturated rings. The first-order chi connectivity index (χ1) is 10.8. The number of pyridine rings is 1. The van der Waals surface area contributed by atoms with Crippen LogP contribution in [0.1, 0.15) is 32.9 Å². The minimum atomic E-state index is -0.362. The molecule has 0 bridgehead atoms. The molecule has 0 spiro atoms. The number of aryl methyl sites for hydroxylation is 1. The van der Waals surface area contributed by atoms with Crippen LogP contribution in [0.4, 0.5) is 0 Å². The summed E-state index contributed by atoms with van der Waals surface area (Å²) in [7, 11) is 0. The summed E-state index contributed by atoms with van der Waals surface area (Å²) in [5.41, 5.74) is 8.12. The highest BCUT2D eigenvalue weighted by molar-refractivity contribution is 6.28. The van der Waals surface area contributed by atoms with Crippen LogP contribution in [0.15, 0.2) is 24.4 Å². The molecule has 2 aromatic heterocycles. The zero-order chi connectivity index (χ0) is 17.0. The van der Waals surface area contributed by atoms with Gasteiger partial charge in [0.25, 0.3) is 0 Å². The first kappa shape index (κ1) is 17.6. The van der Waals surface area contributed by atoms with Crippen LogP contribution < -0.4 is 10.5 Å². The highest BCUT2D eigenvalue weighted by atomic mass is 35.5. The predicted molar refractivity (Wildman–Crippen MR) is 92.6 cm³/mol. The Morgan fingerprint density at radius 2 is 1.91 bits per heavy atom. The molecular formula is C17H23ClN4O. The Kier molecular flexibility index (Phi) is 5.55. The van der Waals surface area contributed by atoms with E-state index in [4.69, 9.17) is 22.1 Å². The third-order valence-corrected chi connectivity index (χ3v) is 3.54. The van der Waals surface area contributed by atoms with Gasteiger partial charge >= 0.3 is 0 Å². The number of rotatable bonds is 6. The fraction of sp³-hybridized carbons (Fsp3) is 0.471. The number of ether oxygens (including phenoxy) is 1. The molecule has 0 aliphatic rings. The van der Waals surface area contributed by atoms with Crippen molar-refractivity contribution in [1.82, 2.24) is 15.0 Å². The Hall–Kier alpha value is -1.72. The van der Waals surface area contributed by atoms with Crippen LogP contribution in [0.5, 0.6) is 5.75 Å². The Labute approximate surface area is 142 Å². The lowest BCUT2D eigenvalue weighted by Gasteiger charge is -2.26. The number of hydrogen-bond acceptors (Lipinski definition) is 5. The molecule has 0 radical (unpaired) electrons. The number of nitrogens with zero attached hydrogens (tertiary/aromatic N) is 3. The van der Waals surface area contributed by atoms with Gasteiger partial charge in [-0.1, -0.05) is 13.8 Å². The van der Waals surface area contributed by atoms with E-state index in [-0.39, 0.29) is 10.8 Å². The molecular weight excluding hydrogens is 312 g/mol. The van der Waals surface area contributed by atoms with Crippen LogP contribution in [0.3, 0.4) is 0 Å². The van der Waals surface area contributed by atoms with Gasteiger partial charge in [-0.25, -0.2) is 15.0 Å². The van der Waals surface area contributed by atoms with Gasteiger partial charge in [0.15, 0.2) is 0 Å². The van der Waals surface area contributed by atoms with E-state index in [0.29, 0.717) is 18.2 Å². The van der Waals surface area contributed by atoms with Crippen molar-refractivity contribution in [2.24, 2.45) is 11.7 Å². The van der Waals surface area contributed by atoms with Crippen LogP contribution >= 0.6 is 11.6 Å². The van der Waals surface area contributed by atoms with Gasteiger partial charge in [-0.2, -0.15) is 0 Å². The molecule has 2 rings (SSSR count). The molecule has 0 aliphatic carbocycles. The van der Waals surface area contributed by atoms with Crippen molar-refractivity contribution in [2.45, 2.75) is 39.7 Å². The minimum Gasteiger partial charge on any atom is -0.490 e. The summed E-state index contributed by atoms with van der Waals surface area (Å²) in [6.07, 6.45) is 2.51. The molecule has 0 saturated heterocycles. The second-order valence-corrected chi connectivity index (χ2v) is 6.87. The van der Waals surface area contributed by atoms with Gasteiger partial charge < -0.3 is 10.5 Å². The molecule has 0 amide bonds. The topological polar surface area (TPSA) is 73.9 Å². The summed E-state index contributed by atoms with van der Waals surface area (Å²) in [6, 6.07) is 5.52. The van der Waals surface area contributed by atoms with E-state index in [0.717, 1.165) is 23.6 Å². The summed E-state index contributed by atoms with van der Waals surface area (Å²) in [6.45, 7) is 8.66. The molecule has 124 valence electrons. The summed E-state index contributed by atoms with van der Waals surface area (Å²) >= 11 is 5.82. The van der Waals surface area contributed by atoms with Crippen molar-refractivity contribution in [3.05, 3.63) is 35.4 Å². The minimum absolute atomic E-state index is 0.204. The molecule has 0 saturated carbocycles. The van der Waals surface area contributed by atoms with Gasteiger partial charge in [-0.05, 0) is 56.0 Å². The van der Waals surface area contributed by atoms with E-state index in [9.17, 15) is 0 Å². The maximum atomic E-state index is 6.28. The molecule has 2 N–H and O–H groups in total. The first-order valence-corrected chi connectivity index (χ1v) is 8.03. The molecule has 1 unspecified atom stereocenters. The van der Waals surface area contributed by atoms with E-state index < -0.39 is 0 Å². The first-order valence-electron chi connectivity index (χ1n) is 7.65. The van der Waals surface area contributed by atoms with E-state index in [2.05, 4.69) is 28.8 Å². The second kappa shape index (κ2) is 7.23. The largest absolute Gasteiger partial charge is 0.490 e. The Morgan fingerprint density at radius 3 is 2.52 bits per heavy atom. The van der Waals surface area contributed by atoms with Crippen LogP contribution in [0.25, 0.3) is 11.4 Å². The molecule has 23 heavy (non-hydrogen) atoms. The average Bonchev–Trinajstić information content (AvgIpc) is 2.44. The molecule has 6 heteroatoms. The number of hydrogen-bond donors (Lipinski definition) is 1. The summed E-state index contributed by atoms with van der Waals surface area (Å²) in [5.74, 6) is 1.26. The van der Waals surface area contributed by atoms with E-state index >= 15 is 0 Å². The summed E-state index contributed by atoms with van der Waals surface area (Å²) < 4.78 is 5.87. The van der Waals surface area contributed by atoms with Crippen molar-refractivity contribution in [2.75, 3.05) is 6.61 Å². The lowest BCUT2D eigenvalue weighted by molar-refractivity contribution is 0.205. The predicted octanol–water partition coefficient (Wildman–Crippen LogP) is 3.64. The van der Waals surface area contributed by atoms with Crippen molar-refractivity contribution < 1.29 is 4.74 Å². The quantitative estimate of drug-likeness (QED) is 0.816. The van der Waals surface area contributed by atoms with Gasteiger partial charge in [-0.15, -0.1) is 0 Å². The van der Waals surface area contributed by atoms with E-state index in [1.165, 1.54) is 0 Å². The number of nitrogens with two attached hydrogens (primary N) is 1. The van der Waals surface area contributed by atoms with Crippen molar-refractivity contribution >= 4 is 11.6 Å². The lowest BCUT2D eigenvalue weighted by Crippen LogP contribution is -2.43.